The first-order chi connectivity index (χ1) is 9.52. The molecule has 0 heterocycles. The smallest absolute Gasteiger partial charge is 0.119 e. The lowest BCUT2D eigenvalue weighted by molar-refractivity contribution is 0.271. The molecule has 1 rings (SSSR count). The van der Waals surface area contributed by atoms with E-state index in [0.717, 1.165) is 12.4 Å². The van der Waals surface area contributed by atoms with Crippen molar-refractivity contribution in [1.82, 2.24) is 5.32 Å². The predicted octanol–water partition coefficient (Wildman–Crippen LogP) is 4.95. The van der Waals surface area contributed by atoms with Crippen LogP contribution in [-0.2, 0) is 0 Å². The molecule has 0 saturated heterocycles. The number of unbranched alkanes of at least 4 members (excludes halogenated alkanes) is 1. The van der Waals surface area contributed by atoms with Gasteiger partial charge in [-0.05, 0) is 43.9 Å². The van der Waals surface area contributed by atoms with Gasteiger partial charge in [0.15, 0.2) is 0 Å². The highest BCUT2D eigenvalue weighted by Gasteiger charge is 2.09. The van der Waals surface area contributed by atoms with Crippen LogP contribution < -0.4 is 10.1 Å². The molecular formula is C18H31NO. The van der Waals surface area contributed by atoms with Crippen LogP contribution in [0.5, 0.6) is 5.75 Å². The van der Waals surface area contributed by atoms with Crippen LogP contribution in [0.4, 0.5) is 0 Å². The van der Waals surface area contributed by atoms with Crippen LogP contribution >= 0.6 is 0 Å². The van der Waals surface area contributed by atoms with Crippen molar-refractivity contribution in [2.75, 3.05) is 6.61 Å². The molecule has 114 valence electrons. The lowest BCUT2D eigenvalue weighted by Crippen LogP contribution is -2.28. The van der Waals surface area contributed by atoms with Crippen molar-refractivity contribution in [2.45, 2.75) is 66.0 Å². The summed E-state index contributed by atoms with van der Waals surface area (Å²) < 4.78 is 5.72. The minimum Gasteiger partial charge on any atom is -0.493 e. The molecule has 1 aromatic rings. The lowest BCUT2D eigenvalue weighted by atomic mass is 10.1. The first kappa shape index (κ1) is 17.0. The van der Waals surface area contributed by atoms with E-state index in [9.17, 15) is 0 Å². The Hall–Kier alpha value is -1.02. The van der Waals surface area contributed by atoms with E-state index in [1.54, 1.807) is 0 Å². The Kier molecular flexibility index (Phi) is 7.68. The average molecular weight is 277 g/mol. The Morgan fingerprint density at radius 1 is 1.05 bits per heavy atom. The van der Waals surface area contributed by atoms with Crippen LogP contribution in [0.15, 0.2) is 24.3 Å². The van der Waals surface area contributed by atoms with Crippen molar-refractivity contribution in [3.63, 3.8) is 0 Å². The van der Waals surface area contributed by atoms with Crippen LogP contribution in [0, 0.1) is 5.92 Å². The van der Waals surface area contributed by atoms with Gasteiger partial charge in [-0.3, -0.25) is 0 Å². The molecule has 2 nitrogen and oxygen atoms in total. The molecule has 20 heavy (non-hydrogen) atoms. The van der Waals surface area contributed by atoms with Gasteiger partial charge in [0.25, 0.3) is 0 Å². The van der Waals surface area contributed by atoms with E-state index in [-0.39, 0.29) is 0 Å². The molecule has 2 atom stereocenters. The SMILES string of the molecule is CCCCC(C)NC(C)c1ccc(OCC(C)C)cc1. The zero-order chi connectivity index (χ0) is 15.0. The van der Waals surface area contributed by atoms with Gasteiger partial charge in [0.1, 0.15) is 5.75 Å². The second-order valence-electron chi connectivity index (χ2n) is 6.21. The van der Waals surface area contributed by atoms with Crippen molar-refractivity contribution in [1.29, 1.82) is 0 Å². The van der Waals surface area contributed by atoms with E-state index >= 15 is 0 Å². The Morgan fingerprint density at radius 2 is 1.70 bits per heavy atom. The van der Waals surface area contributed by atoms with Gasteiger partial charge in [0.2, 0.25) is 0 Å². The first-order valence-electron chi connectivity index (χ1n) is 8.01. The van der Waals surface area contributed by atoms with Crippen LogP contribution in [-0.4, -0.2) is 12.6 Å². The van der Waals surface area contributed by atoms with Gasteiger partial charge in [0.05, 0.1) is 6.61 Å². The largest absolute Gasteiger partial charge is 0.493 e. The molecule has 0 bridgehead atoms. The van der Waals surface area contributed by atoms with Gasteiger partial charge >= 0.3 is 0 Å². The molecular weight excluding hydrogens is 246 g/mol. The molecule has 0 aromatic heterocycles. The number of ether oxygens (including phenoxy) is 1. The molecule has 0 amide bonds. The standard InChI is InChI=1S/C18H31NO/c1-6-7-8-15(4)19-16(5)17-9-11-18(12-10-17)20-13-14(2)3/h9-12,14-16,19H,6-8,13H2,1-5H3. The monoisotopic (exact) mass is 277 g/mol. The highest BCUT2D eigenvalue weighted by atomic mass is 16.5. The Bertz CT molecular complexity index is 358. The molecule has 2 heteroatoms. The minimum absolute atomic E-state index is 0.390. The fourth-order valence-electron chi connectivity index (χ4n) is 2.23. The molecule has 0 spiro atoms. The zero-order valence-electron chi connectivity index (χ0n) is 13.8. The molecule has 0 aliphatic carbocycles. The van der Waals surface area contributed by atoms with E-state index in [4.69, 9.17) is 4.74 Å². The second kappa shape index (κ2) is 9.02. The van der Waals surface area contributed by atoms with E-state index in [2.05, 4.69) is 64.2 Å². The van der Waals surface area contributed by atoms with E-state index < -0.39 is 0 Å². The van der Waals surface area contributed by atoms with Crippen LogP contribution in [0.25, 0.3) is 0 Å². The van der Waals surface area contributed by atoms with Gasteiger partial charge < -0.3 is 10.1 Å². The Balaban J connectivity index is 2.46. The topological polar surface area (TPSA) is 21.3 Å². The van der Waals surface area contributed by atoms with Gasteiger partial charge in [-0.1, -0.05) is 45.7 Å². The minimum atomic E-state index is 0.390. The molecule has 1 N–H and O–H groups in total. The number of rotatable bonds is 9. The summed E-state index contributed by atoms with van der Waals surface area (Å²) in [6.07, 6.45) is 3.81. The van der Waals surface area contributed by atoms with E-state index in [0.29, 0.717) is 18.0 Å². The summed E-state index contributed by atoms with van der Waals surface area (Å²) in [5.74, 6) is 1.53. The zero-order valence-corrected chi connectivity index (χ0v) is 13.8. The third kappa shape index (κ3) is 6.42. The fraction of sp³-hybridized carbons (Fsp3) is 0.667. The molecule has 0 radical (unpaired) electrons. The van der Waals surface area contributed by atoms with Crippen molar-refractivity contribution in [3.05, 3.63) is 29.8 Å². The number of benzene rings is 1. The van der Waals surface area contributed by atoms with E-state index in [1.807, 2.05) is 0 Å². The van der Waals surface area contributed by atoms with Crippen LogP contribution in [0.3, 0.4) is 0 Å². The maximum Gasteiger partial charge on any atom is 0.119 e. The number of hydrogen-bond acceptors (Lipinski definition) is 2. The average Bonchev–Trinajstić information content (AvgIpc) is 2.43. The summed E-state index contributed by atoms with van der Waals surface area (Å²) in [7, 11) is 0. The summed E-state index contributed by atoms with van der Waals surface area (Å²) in [6.45, 7) is 11.8. The summed E-state index contributed by atoms with van der Waals surface area (Å²) in [5, 5.41) is 3.66. The summed E-state index contributed by atoms with van der Waals surface area (Å²) in [6, 6.07) is 9.45. The molecule has 0 saturated carbocycles. The van der Waals surface area contributed by atoms with E-state index in [1.165, 1.54) is 24.8 Å². The quantitative estimate of drug-likeness (QED) is 0.689. The maximum absolute atomic E-state index is 5.72. The fourth-order valence-corrected chi connectivity index (χ4v) is 2.23. The van der Waals surface area contributed by atoms with Crippen molar-refractivity contribution >= 4 is 0 Å². The molecule has 2 unspecified atom stereocenters. The summed E-state index contributed by atoms with van der Waals surface area (Å²) >= 11 is 0. The molecule has 0 aliphatic rings. The first-order valence-corrected chi connectivity index (χ1v) is 8.01. The maximum atomic E-state index is 5.72. The Morgan fingerprint density at radius 3 is 2.25 bits per heavy atom. The normalized spacial score (nSPS) is 14.3. The van der Waals surface area contributed by atoms with Crippen LogP contribution in [0.2, 0.25) is 0 Å². The van der Waals surface area contributed by atoms with Crippen molar-refractivity contribution < 1.29 is 4.74 Å². The highest BCUT2D eigenvalue weighted by Crippen LogP contribution is 2.19. The van der Waals surface area contributed by atoms with Crippen LogP contribution in [0.1, 0.15) is 65.5 Å². The second-order valence-corrected chi connectivity index (χ2v) is 6.21. The highest BCUT2D eigenvalue weighted by molar-refractivity contribution is 5.29. The third-order valence-corrected chi connectivity index (χ3v) is 3.49. The van der Waals surface area contributed by atoms with Gasteiger partial charge in [-0.25, -0.2) is 0 Å². The Labute approximate surface area is 124 Å². The van der Waals surface area contributed by atoms with Gasteiger partial charge in [0, 0.05) is 12.1 Å². The molecule has 0 aliphatic heterocycles. The molecule has 0 fully saturated rings. The van der Waals surface area contributed by atoms with Gasteiger partial charge in [-0.2, -0.15) is 0 Å². The lowest BCUT2D eigenvalue weighted by Gasteiger charge is -2.20. The molecule has 1 aromatic carbocycles. The van der Waals surface area contributed by atoms with Crippen molar-refractivity contribution in [2.24, 2.45) is 5.92 Å². The summed E-state index contributed by atoms with van der Waals surface area (Å²) in [4.78, 5) is 0. The summed E-state index contributed by atoms with van der Waals surface area (Å²) in [5.41, 5.74) is 1.32. The third-order valence-electron chi connectivity index (χ3n) is 3.49. The number of nitrogens with one attached hydrogen (secondary N) is 1. The number of hydrogen-bond donors (Lipinski definition) is 1. The van der Waals surface area contributed by atoms with Crippen molar-refractivity contribution in [3.8, 4) is 5.75 Å². The predicted molar refractivity (Wildman–Crippen MR) is 87.3 cm³/mol. The van der Waals surface area contributed by atoms with Gasteiger partial charge in [-0.15, -0.1) is 0 Å².